The molecule has 1 amide bonds. The van der Waals surface area contributed by atoms with Crippen LogP contribution in [0.3, 0.4) is 0 Å². The van der Waals surface area contributed by atoms with Gasteiger partial charge in [0.1, 0.15) is 0 Å². The Morgan fingerprint density at radius 1 is 1.38 bits per heavy atom. The van der Waals surface area contributed by atoms with E-state index < -0.39 is 10.0 Å². The third-order valence-electron chi connectivity index (χ3n) is 2.08. The molecule has 6 nitrogen and oxygen atoms in total. The molecule has 0 aromatic rings. The fraction of sp³-hybridized carbons (Fsp3) is 0.889. The number of rotatable bonds is 8. The van der Waals surface area contributed by atoms with Gasteiger partial charge in [-0.15, -0.1) is 0 Å². The van der Waals surface area contributed by atoms with Gasteiger partial charge < -0.3 is 11.1 Å². The average molecular weight is 251 g/mol. The maximum absolute atomic E-state index is 11.5. The summed E-state index contributed by atoms with van der Waals surface area (Å²) in [5.74, 6) is -0.289. The second kappa shape index (κ2) is 7.59. The normalized spacial score (nSPS) is 13.4. The van der Waals surface area contributed by atoms with Gasteiger partial charge in [-0.05, 0) is 6.42 Å². The van der Waals surface area contributed by atoms with E-state index in [1.165, 1.54) is 0 Å². The number of hydrogen-bond acceptors (Lipinski definition) is 4. The van der Waals surface area contributed by atoms with Crippen LogP contribution in [-0.2, 0) is 14.8 Å². The summed E-state index contributed by atoms with van der Waals surface area (Å²) >= 11 is 0. The van der Waals surface area contributed by atoms with E-state index in [1.807, 2.05) is 6.92 Å². The van der Waals surface area contributed by atoms with Gasteiger partial charge >= 0.3 is 0 Å². The zero-order chi connectivity index (χ0) is 12.6. The Morgan fingerprint density at radius 3 is 2.44 bits per heavy atom. The molecule has 0 aromatic heterocycles. The highest BCUT2D eigenvalue weighted by Gasteiger charge is 2.14. The summed E-state index contributed by atoms with van der Waals surface area (Å²) in [4.78, 5) is 11.5. The zero-order valence-corrected chi connectivity index (χ0v) is 10.6. The Kier molecular flexibility index (Phi) is 7.27. The lowest BCUT2D eigenvalue weighted by atomic mass is 10.0. The lowest BCUT2D eigenvalue weighted by Crippen LogP contribution is -2.39. The van der Waals surface area contributed by atoms with Gasteiger partial charge in [-0.3, -0.25) is 4.79 Å². The van der Waals surface area contributed by atoms with Crippen molar-refractivity contribution < 1.29 is 13.2 Å². The van der Waals surface area contributed by atoms with E-state index in [9.17, 15) is 13.2 Å². The van der Waals surface area contributed by atoms with Gasteiger partial charge in [0.05, 0.1) is 12.2 Å². The second-order valence-corrected chi connectivity index (χ2v) is 5.51. The Labute approximate surface area is 97.0 Å². The van der Waals surface area contributed by atoms with E-state index in [2.05, 4.69) is 10.0 Å². The monoisotopic (exact) mass is 251 g/mol. The van der Waals surface area contributed by atoms with Crippen molar-refractivity contribution in [3.63, 3.8) is 0 Å². The zero-order valence-electron chi connectivity index (χ0n) is 9.82. The van der Waals surface area contributed by atoms with Crippen LogP contribution in [0.4, 0.5) is 0 Å². The first kappa shape index (κ1) is 15.3. The summed E-state index contributed by atoms with van der Waals surface area (Å²) in [6, 6.07) is 0. The van der Waals surface area contributed by atoms with Crippen molar-refractivity contribution in [1.29, 1.82) is 0 Å². The molecular weight excluding hydrogens is 230 g/mol. The van der Waals surface area contributed by atoms with Gasteiger partial charge in [0, 0.05) is 19.6 Å². The summed E-state index contributed by atoms with van der Waals surface area (Å²) in [5.41, 5.74) is 5.46. The van der Waals surface area contributed by atoms with Crippen LogP contribution in [-0.4, -0.2) is 40.2 Å². The van der Waals surface area contributed by atoms with Crippen LogP contribution in [0.2, 0.25) is 0 Å². The second-order valence-electron chi connectivity index (χ2n) is 3.68. The molecule has 0 fully saturated rings. The first-order valence-electron chi connectivity index (χ1n) is 5.33. The number of hydrogen-bond donors (Lipinski definition) is 3. The maximum Gasteiger partial charge on any atom is 0.224 e. The number of carbonyl (C=O) groups excluding carboxylic acids is 1. The van der Waals surface area contributed by atoms with E-state index in [4.69, 9.17) is 5.73 Å². The fourth-order valence-corrected chi connectivity index (χ4v) is 1.74. The SMILES string of the molecule is CCCC(CN)C(=O)NCCNS(C)(=O)=O. The van der Waals surface area contributed by atoms with Crippen LogP contribution in [0.5, 0.6) is 0 Å². The van der Waals surface area contributed by atoms with Crippen LogP contribution in [0.25, 0.3) is 0 Å². The third-order valence-corrected chi connectivity index (χ3v) is 2.81. The summed E-state index contributed by atoms with van der Waals surface area (Å²) in [5, 5.41) is 2.65. The number of sulfonamides is 1. The molecule has 4 N–H and O–H groups in total. The van der Waals surface area contributed by atoms with Crippen molar-refractivity contribution in [2.24, 2.45) is 11.7 Å². The molecule has 1 unspecified atom stereocenters. The Hall–Kier alpha value is -0.660. The molecule has 0 aliphatic heterocycles. The first-order valence-corrected chi connectivity index (χ1v) is 7.22. The molecule has 7 heteroatoms. The summed E-state index contributed by atoms with van der Waals surface area (Å²) < 4.78 is 23.7. The van der Waals surface area contributed by atoms with Crippen LogP contribution in [0.15, 0.2) is 0 Å². The molecule has 0 aliphatic rings. The van der Waals surface area contributed by atoms with Gasteiger partial charge in [0.15, 0.2) is 0 Å². The highest BCUT2D eigenvalue weighted by atomic mass is 32.2. The van der Waals surface area contributed by atoms with Gasteiger partial charge in [-0.2, -0.15) is 0 Å². The number of carbonyl (C=O) groups is 1. The molecule has 0 aromatic carbocycles. The van der Waals surface area contributed by atoms with Crippen LogP contribution in [0.1, 0.15) is 19.8 Å². The highest BCUT2D eigenvalue weighted by Crippen LogP contribution is 2.03. The fourth-order valence-electron chi connectivity index (χ4n) is 1.27. The molecule has 0 saturated heterocycles. The molecule has 0 radical (unpaired) electrons. The van der Waals surface area contributed by atoms with Gasteiger partial charge in [-0.25, -0.2) is 13.1 Å². The molecule has 0 heterocycles. The van der Waals surface area contributed by atoms with Gasteiger partial charge in [0.2, 0.25) is 15.9 Å². The third kappa shape index (κ3) is 7.61. The average Bonchev–Trinajstić information content (AvgIpc) is 2.19. The Balaban J connectivity index is 3.80. The van der Waals surface area contributed by atoms with Crippen molar-refractivity contribution in [2.75, 3.05) is 25.9 Å². The molecule has 0 bridgehead atoms. The van der Waals surface area contributed by atoms with Gasteiger partial charge in [0.25, 0.3) is 0 Å². The Morgan fingerprint density at radius 2 is 2.00 bits per heavy atom. The molecule has 1 atom stereocenters. The van der Waals surface area contributed by atoms with Crippen molar-refractivity contribution >= 4 is 15.9 Å². The Bertz CT molecular complexity index is 303. The van der Waals surface area contributed by atoms with Crippen molar-refractivity contribution in [1.82, 2.24) is 10.0 Å². The quantitative estimate of drug-likeness (QED) is 0.483. The smallest absolute Gasteiger partial charge is 0.224 e. The van der Waals surface area contributed by atoms with Gasteiger partial charge in [-0.1, -0.05) is 13.3 Å². The number of nitrogens with one attached hydrogen (secondary N) is 2. The standard InChI is InChI=1S/C9H21N3O3S/c1-3-4-8(7-10)9(13)11-5-6-12-16(2,14)15/h8,12H,3-7,10H2,1-2H3,(H,11,13). The predicted molar refractivity (Wildman–Crippen MR) is 63.3 cm³/mol. The maximum atomic E-state index is 11.5. The van der Waals surface area contributed by atoms with E-state index in [-0.39, 0.29) is 24.9 Å². The molecule has 0 aliphatic carbocycles. The van der Waals surface area contributed by atoms with Crippen LogP contribution >= 0.6 is 0 Å². The predicted octanol–water partition coefficient (Wildman–Crippen LogP) is -0.973. The molecule has 0 saturated carbocycles. The first-order chi connectivity index (χ1) is 7.40. The van der Waals surface area contributed by atoms with Crippen molar-refractivity contribution in [3.8, 4) is 0 Å². The minimum absolute atomic E-state index is 0.111. The summed E-state index contributed by atoms with van der Waals surface area (Å²) in [7, 11) is -3.18. The van der Waals surface area contributed by atoms with E-state index >= 15 is 0 Å². The van der Waals surface area contributed by atoms with E-state index in [0.29, 0.717) is 6.54 Å². The van der Waals surface area contributed by atoms with Crippen molar-refractivity contribution in [2.45, 2.75) is 19.8 Å². The number of amides is 1. The van der Waals surface area contributed by atoms with E-state index in [1.54, 1.807) is 0 Å². The summed E-state index contributed by atoms with van der Waals surface area (Å²) in [6.45, 7) is 2.79. The molecule has 0 rings (SSSR count). The largest absolute Gasteiger partial charge is 0.355 e. The molecule has 0 spiro atoms. The summed E-state index contributed by atoms with van der Waals surface area (Å²) in [6.07, 6.45) is 2.73. The topological polar surface area (TPSA) is 101 Å². The molecule has 96 valence electrons. The lowest BCUT2D eigenvalue weighted by Gasteiger charge is -2.13. The van der Waals surface area contributed by atoms with Crippen LogP contribution in [0, 0.1) is 5.92 Å². The number of nitrogens with two attached hydrogens (primary N) is 1. The van der Waals surface area contributed by atoms with Crippen LogP contribution < -0.4 is 15.8 Å². The van der Waals surface area contributed by atoms with E-state index in [0.717, 1.165) is 19.1 Å². The lowest BCUT2D eigenvalue weighted by molar-refractivity contribution is -0.124. The molecule has 16 heavy (non-hydrogen) atoms. The highest BCUT2D eigenvalue weighted by molar-refractivity contribution is 7.88. The van der Waals surface area contributed by atoms with Crippen molar-refractivity contribution in [3.05, 3.63) is 0 Å². The minimum Gasteiger partial charge on any atom is -0.355 e. The minimum atomic E-state index is -3.18. The molecular formula is C9H21N3O3S.